The standard InChI is InChI=1S/C22H20ClNO2/c1-15-3-11-20(12-4-15)26-14-17-6-8-18(9-7-17)22(25)24-19-10-5-16(2)21(23)13-19/h3-13H,14H2,1-2H3,(H,24,25). The van der Waals surface area contributed by atoms with Crippen molar-refractivity contribution >= 4 is 23.2 Å². The summed E-state index contributed by atoms with van der Waals surface area (Å²) in [5.41, 5.74) is 4.43. The van der Waals surface area contributed by atoms with E-state index in [0.717, 1.165) is 16.9 Å². The molecule has 3 rings (SSSR count). The first-order valence-corrected chi connectivity index (χ1v) is 8.75. The molecule has 0 fully saturated rings. The van der Waals surface area contributed by atoms with E-state index in [1.807, 2.05) is 62.4 Å². The average molecular weight is 366 g/mol. The lowest BCUT2D eigenvalue weighted by atomic mass is 10.1. The highest BCUT2D eigenvalue weighted by molar-refractivity contribution is 6.31. The minimum absolute atomic E-state index is 0.170. The van der Waals surface area contributed by atoms with Gasteiger partial charge in [-0.25, -0.2) is 0 Å². The minimum atomic E-state index is -0.170. The van der Waals surface area contributed by atoms with Gasteiger partial charge in [-0.15, -0.1) is 0 Å². The summed E-state index contributed by atoms with van der Waals surface area (Å²) in [6.07, 6.45) is 0. The zero-order chi connectivity index (χ0) is 18.5. The molecule has 4 heteroatoms. The van der Waals surface area contributed by atoms with Gasteiger partial charge in [-0.1, -0.05) is 47.5 Å². The van der Waals surface area contributed by atoms with Gasteiger partial charge in [0.2, 0.25) is 0 Å². The third kappa shape index (κ3) is 4.64. The molecule has 0 radical (unpaired) electrons. The molecule has 0 aliphatic heterocycles. The number of amides is 1. The largest absolute Gasteiger partial charge is 0.489 e. The van der Waals surface area contributed by atoms with Crippen LogP contribution < -0.4 is 10.1 Å². The number of halogens is 1. The third-order valence-electron chi connectivity index (χ3n) is 4.07. The average Bonchev–Trinajstić information content (AvgIpc) is 2.65. The maximum absolute atomic E-state index is 12.3. The molecule has 0 heterocycles. The van der Waals surface area contributed by atoms with Crippen LogP contribution in [0.1, 0.15) is 27.0 Å². The quantitative estimate of drug-likeness (QED) is 0.621. The molecule has 3 aromatic carbocycles. The van der Waals surface area contributed by atoms with E-state index in [9.17, 15) is 4.79 Å². The van der Waals surface area contributed by atoms with E-state index in [2.05, 4.69) is 5.32 Å². The van der Waals surface area contributed by atoms with E-state index in [-0.39, 0.29) is 5.91 Å². The van der Waals surface area contributed by atoms with Gasteiger partial charge in [0, 0.05) is 16.3 Å². The second-order valence-electron chi connectivity index (χ2n) is 6.22. The van der Waals surface area contributed by atoms with Gasteiger partial charge < -0.3 is 10.1 Å². The predicted octanol–water partition coefficient (Wildman–Crippen LogP) is 5.79. The molecular weight excluding hydrogens is 346 g/mol. The Kier molecular flexibility index (Phi) is 5.59. The van der Waals surface area contributed by atoms with E-state index in [1.54, 1.807) is 18.2 Å². The molecule has 0 atom stereocenters. The van der Waals surface area contributed by atoms with Crippen molar-refractivity contribution in [3.05, 3.63) is 94.0 Å². The number of rotatable bonds is 5. The molecule has 0 spiro atoms. The van der Waals surface area contributed by atoms with E-state index in [0.29, 0.717) is 22.9 Å². The molecule has 0 aliphatic carbocycles. The van der Waals surface area contributed by atoms with Crippen LogP contribution in [0.3, 0.4) is 0 Å². The summed E-state index contributed by atoms with van der Waals surface area (Å²) in [4.78, 5) is 12.3. The summed E-state index contributed by atoms with van der Waals surface area (Å²) in [6.45, 7) is 4.42. The van der Waals surface area contributed by atoms with Gasteiger partial charge in [0.05, 0.1) is 0 Å². The first-order valence-electron chi connectivity index (χ1n) is 8.37. The summed E-state index contributed by atoms with van der Waals surface area (Å²) in [6, 6.07) is 20.8. The first-order chi connectivity index (χ1) is 12.5. The highest BCUT2D eigenvalue weighted by Gasteiger charge is 2.07. The van der Waals surface area contributed by atoms with Crippen molar-refractivity contribution < 1.29 is 9.53 Å². The maximum atomic E-state index is 12.3. The van der Waals surface area contributed by atoms with E-state index in [1.165, 1.54) is 5.56 Å². The Morgan fingerprint density at radius 3 is 2.31 bits per heavy atom. The van der Waals surface area contributed by atoms with Crippen LogP contribution in [0.15, 0.2) is 66.7 Å². The molecule has 1 N–H and O–H groups in total. The molecule has 0 aromatic heterocycles. The van der Waals surface area contributed by atoms with Gasteiger partial charge >= 0.3 is 0 Å². The lowest BCUT2D eigenvalue weighted by Crippen LogP contribution is -2.12. The van der Waals surface area contributed by atoms with Gasteiger partial charge in [-0.3, -0.25) is 4.79 Å². The molecule has 132 valence electrons. The zero-order valence-electron chi connectivity index (χ0n) is 14.8. The Bertz CT molecular complexity index is 902. The minimum Gasteiger partial charge on any atom is -0.489 e. The molecule has 0 unspecified atom stereocenters. The number of aryl methyl sites for hydroxylation is 2. The summed E-state index contributed by atoms with van der Waals surface area (Å²) in [5, 5.41) is 3.49. The summed E-state index contributed by atoms with van der Waals surface area (Å²) >= 11 is 6.09. The second kappa shape index (κ2) is 8.07. The van der Waals surface area contributed by atoms with Crippen LogP contribution in [-0.4, -0.2) is 5.91 Å². The normalized spacial score (nSPS) is 10.4. The maximum Gasteiger partial charge on any atom is 0.255 e. The van der Waals surface area contributed by atoms with Gasteiger partial charge in [0.15, 0.2) is 0 Å². The molecule has 1 amide bonds. The topological polar surface area (TPSA) is 38.3 Å². The van der Waals surface area contributed by atoms with Gasteiger partial charge in [0.1, 0.15) is 12.4 Å². The molecule has 3 nitrogen and oxygen atoms in total. The number of nitrogens with one attached hydrogen (secondary N) is 1. The number of benzene rings is 3. The van der Waals surface area contributed by atoms with E-state index < -0.39 is 0 Å². The van der Waals surface area contributed by atoms with Crippen LogP contribution in [0.5, 0.6) is 5.75 Å². The Balaban J connectivity index is 1.60. The Hall–Kier alpha value is -2.78. The van der Waals surface area contributed by atoms with Crippen LogP contribution in [0, 0.1) is 13.8 Å². The molecule has 0 saturated carbocycles. The van der Waals surface area contributed by atoms with Crippen molar-refractivity contribution in [2.75, 3.05) is 5.32 Å². The molecule has 0 bridgehead atoms. The van der Waals surface area contributed by atoms with E-state index >= 15 is 0 Å². The van der Waals surface area contributed by atoms with Crippen molar-refractivity contribution in [2.45, 2.75) is 20.5 Å². The number of hydrogen-bond acceptors (Lipinski definition) is 2. The van der Waals surface area contributed by atoms with Crippen molar-refractivity contribution in [1.29, 1.82) is 0 Å². The monoisotopic (exact) mass is 365 g/mol. The Labute approximate surface area is 158 Å². The molecular formula is C22H20ClNO2. The number of anilines is 1. The third-order valence-corrected chi connectivity index (χ3v) is 4.48. The smallest absolute Gasteiger partial charge is 0.255 e. The SMILES string of the molecule is Cc1ccc(OCc2ccc(C(=O)Nc3ccc(C)c(Cl)c3)cc2)cc1. The van der Waals surface area contributed by atoms with Crippen molar-refractivity contribution in [1.82, 2.24) is 0 Å². The first kappa shape index (κ1) is 18.0. The lowest BCUT2D eigenvalue weighted by Gasteiger charge is -2.09. The summed E-state index contributed by atoms with van der Waals surface area (Å²) in [5.74, 6) is 0.657. The van der Waals surface area contributed by atoms with Gasteiger partial charge in [-0.05, 0) is 61.4 Å². The number of carbonyl (C=O) groups excluding carboxylic acids is 1. The lowest BCUT2D eigenvalue weighted by molar-refractivity contribution is 0.102. The Morgan fingerprint density at radius 1 is 0.962 bits per heavy atom. The number of hydrogen-bond donors (Lipinski definition) is 1. The molecule has 3 aromatic rings. The molecule has 0 saturated heterocycles. The van der Waals surface area contributed by atoms with E-state index in [4.69, 9.17) is 16.3 Å². The molecule has 0 aliphatic rings. The van der Waals surface area contributed by atoms with Crippen molar-refractivity contribution in [3.8, 4) is 5.75 Å². The Morgan fingerprint density at radius 2 is 1.65 bits per heavy atom. The van der Waals surface area contributed by atoms with Crippen LogP contribution in [0.25, 0.3) is 0 Å². The predicted molar refractivity (Wildman–Crippen MR) is 106 cm³/mol. The van der Waals surface area contributed by atoms with Gasteiger partial charge in [0.25, 0.3) is 5.91 Å². The molecule has 26 heavy (non-hydrogen) atoms. The fraction of sp³-hybridized carbons (Fsp3) is 0.136. The van der Waals surface area contributed by atoms with Gasteiger partial charge in [-0.2, -0.15) is 0 Å². The number of carbonyl (C=O) groups is 1. The fourth-order valence-electron chi connectivity index (χ4n) is 2.43. The highest BCUT2D eigenvalue weighted by atomic mass is 35.5. The van der Waals surface area contributed by atoms with Crippen LogP contribution in [0.4, 0.5) is 5.69 Å². The summed E-state index contributed by atoms with van der Waals surface area (Å²) in [7, 11) is 0. The van der Waals surface area contributed by atoms with Crippen LogP contribution in [0.2, 0.25) is 5.02 Å². The number of ether oxygens (including phenoxy) is 1. The van der Waals surface area contributed by atoms with Crippen LogP contribution >= 0.6 is 11.6 Å². The zero-order valence-corrected chi connectivity index (χ0v) is 15.5. The van der Waals surface area contributed by atoms with Crippen LogP contribution in [-0.2, 0) is 6.61 Å². The second-order valence-corrected chi connectivity index (χ2v) is 6.62. The summed E-state index contributed by atoms with van der Waals surface area (Å²) < 4.78 is 5.75. The highest BCUT2D eigenvalue weighted by Crippen LogP contribution is 2.20. The fourth-order valence-corrected chi connectivity index (χ4v) is 2.61. The van der Waals surface area contributed by atoms with Crippen molar-refractivity contribution in [2.24, 2.45) is 0 Å². The van der Waals surface area contributed by atoms with Crippen molar-refractivity contribution in [3.63, 3.8) is 0 Å².